The minimum atomic E-state index is -1.49. The average Bonchev–Trinajstić information content (AvgIpc) is 2.16. The molecule has 0 aliphatic carbocycles. The van der Waals surface area contributed by atoms with Gasteiger partial charge in [0.1, 0.15) is 5.82 Å². The van der Waals surface area contributed by atoms with Crippen molar-refractivity contribution in [3.8, 4) is 0 Å². The fourth-order valence-corrected chi connectivity index (χ4v) is 1.14. The van der Waals surface area contributed by atoms with Gasteiger partial charge in [-0.2, -0.15) is 4.39 Å². The van der Waals surface area contributed by atoms with E-state index in [2.05, 4.69) is 0 Å². The van der Waals surface area contributed by atoms with Crippen molar-refractivity contribution in [3.05, 3.63) is 39.4 Å². The first-order chi connectivity index (χ1) is 7.36. The summed E-state index contributed by atoms with van der Waals surface area (Å²) in [6.07, 6.45) is 0. The highest BCUT2D eigenvalue weighted by Gasteiger charge is 2.27. The summed E-state index contributed by atoms with van der Waals surface area (Å²) in [6, 6.07) is 0.186. The van der Waals surface area contributed by atoms with Crippen LogP contribution < -0.4 is 5.73 Å². The summed E-state index contributed by atoms with van der Waals surface area (Å²) in [5.41, 5.74) is 3.26. The number of nitrogens with two attached hydrogens (primary N) is 1. The van der Waals surface area contributed by atoms with Crippen LogP contribution in [0.4, 0.5) is 14.5 Å². The van der Waals surface area contributed by atoms with Crippen LogP contribution in [0.3, 0.4) is 0 Å². The maximum absolute atomic E-state index is 13.4. The molecule has 0 aromatic heterocycles. The van der Waals surface area contributed by atoms with Crippen molar-refractivity contribution in [1.82, 2.24) is 0 Å². The van der Waals surface area contributed by atoms with E-state index in [1.54, 1.807) is 0 Å². The van der Waals surface area contributed by atoms with E-state index in [9.17, 15) is 23.7 Å². The topological polar surface area (TPSA) is 86.2 Å². The summed E-state index contributed by atoms with van der Waals surface area (Å²) in [5.74, 6) is -3.67. The first-order valence-corrected chi connectivity index (χ1v) is 4.28. The molecule has 0 heterocycles. The third kappa shape index (κ3) is 2.03. The zero-order chi connectivity index (χ0) is 12.5. The Hall–Kier alpha value is -1.89. The molecule has 1 aromatic rings. The highest BCUT2D eigenvalue weighted by atomic mass is 19.1. The number of hydrogen-bond donors (Lipinski definition) is 1. The summed E-state index contributed by atoms with van der Waals surface area (Å²) in [6.45, 7) is 1.24. The number of rotatable bonds is 3. The van der Waals surface area contributed by atoms with Gasteiger partial charge < -0.3 is 5.73 Å². The predicted molar refractivity (Wildman–Crippen MR) is 51.0 cm³/mol. The lowest BCUT2D eigenvalue weighted by Gasteiger charge is -2.06. The van der Waals surface area contributed by atoms with Gasteiger partial charge in [-0.1, -0.05) is 0 Å². The van der Waals surface area contributed by atoms with Gasteiger partial charge in [0, 0.05) is 6.07 Å². The van der Waals surface area contributed by atoms with E-state index in [0.717, 1.165) is 0 Å². The third-order valence-electron chi connectivity index (χ3n) is 1.93. The normalized spacial score (nSPS) is 12.2. The number of benzene rings is 1. The van der Waals surface area contributed by atoms with Gasteiger partial charge in [0.05, 0.1) is 16.5 Å². The quantitative estimate of drug-likeness (QED) is 0.483. The molecule has 0 aliphatic heterocycles. The van der Waals surface area contributed by atoms with E-state index in [-0.39, 0.29) is 0 Å². The summed E-state index contributed by atoms with van der Waals surface area (Å²) >= 11 is 0. The van der Waals surface area contributed by atoms with E-state index in [1.807, 2.05) is 0 Å². The monoisotopic (exact) mass is 230 g/mol. The molecule has 0 saturated carbocycles. The zero-order valence-corrected chi connectivity index (χ0v) is 8.24. The molecule has 0 radical (unpaired) electrons. The van der Waals surface area contributed by atoms with E-state index in [1.165, 1.54) is 6.92 Å². The lowest BCUT2D eigenvalue weighted by molar-refractivity contribution is -0.387. The lowest BCUT2D eigenvalue weighted by atomic mass is 10.0. The third-order valence-corrected chi connectivity index (χ3v) is 1.93. The molecule has 16 heavy (non-hydrogen) atoms. The lowest BCUT2D eigenvalue weighted by Crippen LogP contribution is -2.28. The Kier molecular flexibility index (Phi) is 3.28. The van der Waals surface area contributed by atoms with Crippen LogP contribution in [-0.2, 0) is 0 Å². The maximum Gasteiger partial charge on any atom is 0.305 e. The van der Waals surface area contributed by atoms with Crippen LogP contribution in [0.5, 0.6) is 0 Å². The predicted octanol–water partition coefficient (Wildman–Crippen LogP) is 1.40. The van der Waals surface area contributed by atoms with Crippen LogP contribution in [0, 0.1) is 21.7 Å². The molecule has 86 valence electrons. The second kappa shape index (κ2) is 4.31. The SMILES string of the molecule is CC(N)C(=O)c1c(F)ccc([N+](=O)[O-])c1F. The molecule has 0 amide bonds. The van der Waals surface area contributed by atoms with E-state index < -0.39 is 39.6 Å². The van der Waals surface area contributed by atoms with Gasteiger partial charge in [-0.25, -0.2) is 4.39 Å². The van der Waals surface area contributed by atoms with Crippen molar-refractivity contribution < 1.29 is 18.5 Å². The van der Waals surface area contributed by atoms with Crippen molar-refractivity contribution >= 4 is 11.5 Å². The molecule has 0 bridgehead atoms. The van der Waals surface area contributed by atoms with Crippen LogP contribution in [0.15, 0.2) is 12.1 Å². The van der Waals surface area contributed by atoms with Crippen LogP contribution in [0.2, 0.25) is 0 Å². The first kappa shape index (κ1) is 12.2. The molecule has 1 unspecified atom stereocenters. The Balaban J connectivity index is 3.43. The van der Waals surface area contributed by atoms with Gasteiger partial charge in [-0.3, -0.25) is 14.9 Å². The van der Waals surface area contributed by atoms with Gasteiger partial charge in [-0.05, 0) is 13.0 Å². The number of carbonyl (C=O) groups is 1. The minimum Gasteiger partial charge on any atom is -0.321 e. The maximum atomic E-state index is 13.4. The molecular weight excluding hydrogens is 222 g/mol. The summed E-state index contributed by atoms with van der Waals surface area (Å²) < 4.78 is 26.6. The fraction of sp³-hybridized carbons (Fsp3) is 0.222. The van der Waals surface area contributed by atoms with Crippen LogP contribution in [0.1, 0.15) is 17.3 Å². The number of hydrogen-bond acceptors (Lipinski definition) is 4. The Labute approximate surface area is 89.0 Å². The van der Waals surface area contributed by atoms with Crippen molar-refractivity contribution in [1.29, 1.82) is 0 Å². The molecule has 0 fully saturated rings. The largest absolute Gasteiger partial charge is 0.321 e. The molecule has 5 nitrogen and oxygen atoms in total. The summed E-state index contributed by atoms with van der Waals surface area (Å²) in [5, 5.41) is 10.4. The van der Waals surface area contributed by atoms with Crippen molar-refractivity contribution in [2.75, 3.05) is 0 Å². The Morgan fingerprint density at radius 2 is 2.06 bits per heavy atom. The molecule has 0 spiro atoms. The number of Topliss-reactive ketones (excluding diaryl/α,β-unsaturated/α-hetero) is 1. The van der Waals surface area contributed by atoms with Crippen LogP contribution in [0.25, 0.3) is 0 Å². The van der Waals surface area contributed by atoms with E-state index >= 15 is 0 Å². The Morgan fingerprint density at radius 1 is 1.50 bits per heavy atom. The number of nitro benzene ring substituents is 1. The highest BCUT2D eigenvalue weighted by Crippen LogP contribution is 2.23. The smallest absolute Gasteiger partial charge is 0.305 e. The fourth-order valence-electron chi connectivity index (χ4n) is 1.14. The molecule has 0 aliphatic rings. The van der Waals surface area contributed by atoms with E-state index in [0.29, 0.717) is 12.1 Å². The Bertz CT molecular complexity index is 460. The molecule has 1 rings (SSSR count). The van der Waals surface area contributed by atoms with Crippen LogP contribution >= 0.6 is 0 Å². The van der Waals surface area contributed by atoms with E-state index in [4.69, 9.17) is 5.73 Å². The minimum absolute atomic E-state index is 0.655. The van der Waals surface area contributed by atoms with Crippen molar-refractivity contribution in [2.24, 2.45) is 5.73 Å². The molecule has 1 aromatic carbocycles. The van der Waals surface area contributed by atoms with Gasteiger partial charge in [0.25, 0.3) is 0 Å². The second-order valence-electron chi connectivity index (χ2n) is 3.17. The van der Waals surface area contributed by atoms with Gasteiger partial charge in [0.2, 0.25) is 5.82 Å². The van der Waals surface area contributed by atoms with Gasteiger partial charge in [0.15, 0.2) is 5.78 Å². The zero-order valence-electron chi connectivity index (χ0n) is 8.24. The second-order valence-corrected chi connectivity index (χ2v) is 3.17. The average molecular weight is 230 g/mol. The first-order valence-electron chi connectivity index (χ1n) is 4.28. The summed E-state index contributed by atoms with van der Waals surface area (Å²) in [7, 11) is 0. The number of nitrogens with zero attached hydrogens (tertiary/aromatic N) is 1. The number of carbonyl (C=O) groups excluding carboxylic acids is 1. The van der Waals surface area contributed by atoms with Gasteiger partial charge in [-0.15, -0.1) is 0 Å². The standard InChI is InChI=1S/C9H8F2N2O3/c1-4(12)9(14)7-5(10)2-3-6(8(7)11)13(15)16/h2-4H,12H2,1H3. The number of halogens is 2. The number of nitro groups is 1. The Morgan fingerprint density at radius 3 is 2.50 bits per heavy atom. The molecule has 0 saturated heterocycles. The molecule has 1 atom stereocenters. The molecular formula is C9H8F2N2O3. The van der Waals surface area contributed by atoms with Crippen molar-refractivity contribution in [2.45, 2.75) is 13.0 Å². The van der Waals surface area contributed by atoms with Gasteiger partial charge >= 0.3 is 5.69 Å². The number of ketones is 1. The van der Waals surface area contributed by atoms with Crippen molar-refractivity contribution in [3.63, 3.8) is 0 Å². The molecule has 2 N–H and O–H groups in total. The molecule has 7 heteroatoms. The van der Waals surface area contributed by atoms with Crippen LogP contribution in [-0.4, -0.2) is 16.7 Å². The summed E-state index contributed by atoms with van der Waals surface area (Å²) in [4.78, 5) is 20.7. The highest BCUT2D eigenvalue weighted by molar-refractivity contribution is 6.00.